The van der Waals surface area contributed by atoms with Gasteiger partial charge in [-0.1, -0.05) is 23.7 Å². The van der Waals surface area contributed by atoms with E-state index in [1.54, 1.807) is 32.4 Å². The summed E-state index contributed by atoms with van der Waals surface area (Å²) in [7, 11) is 1.59. The van der Waals surface area contributed by atoms with Gasteiger partial charge < -0.3 is 10.1 Å². The number of nitrogens with zero attached hydrogens (tertiary/aromatic N) is 2. The lowest BCUT2D eigenvalue weighted by molar-refractivity contribution is 0.0824. The maximum atomic E-state index is 12.0. The molecular formula is C15H16ClN3O2. The van der Waals surface area contributed by atoms with Crippen LogP contribution in [0.15, 0.2) is 36.5 Å². The lowest BCUT2D eigenvalue weighted by Crippen LogP contribution is -2.30. The Kier molecular flexibility index (Phi) is 5.25. The molecule has 5 nitrogen and oxygen atoms in total. The van der Waals surface area contributed by atoms with Crippen molar-refractivity contribution in [3.8, 4) is 0 Å². The molecule has 0 spiro atoms. The molecule has 110 valence electrons. The molecule has 1 aromatic carbocycles. The first-order valence-corrected chi connectivity index (χ1v) is 6.84. The summed E-state index contributed by atoms with van der Waals surface area (Å²) in [5.41, 5.74) is 1.24. The topological polar surface area (TPSA) is 64.1 Å². The number of carbonyl (C=O) groups is 1. The van der Waals surface area contributed by atoms with Crippen LogP contribution in [-0.2, 0) is 4.74 Å². The van der Waals surface area contributed by atoms with Gasteiger partial charge in [0.1, 0.15) is 11.5 Å². The number of amides is 1. The SMILES string of the molecule is CO[C@@H](CNC(=O)c1ccnc(C)n1)c1cccc(Cl)c1. The summed E-state index contributed by atoms with van der Waals surface area (Å²) in [6, 6.07) is 8.93. The molecule has 0 fully saturated rings. The van der Waals surface area contributed by atoms with Crippen molar-refractivity contribution < 1.29 is 9.53 Å². The number of benzene rings is 1. The zero-order chi connectivity index (χ0) is 15.2. The third kappa shape index (κ3) is 4.24. The average molecular weight is 306 g/mol. The van der Waals surface area contributed by atoms with E-state index in [2.05, 4.69) is 15.3 Å². The summed E-state index contributed by atoms with van der Waals surface area (Å²) in [6.45, 7) is 2.07. The van der Waals surface area contributed by atoms with E-state index in [0.29, 0.717) is 23.1 Å². The van der Waals surface area contributed by atoms with Crippen LogP contribution in [0, 0.1) is 6.92 Å². The number of carbonyl (C=O) groups excluding carboxylic acids is 1. The number of aryl methyl sites for hydroxylation is 1. The standard InChI is InChI=1S/C15H16ClN3O2/c1-10-17-7-6-13(19-10)15(20)18-9-14(21-2)11-4-3-5-12(16)8-11/h3-8,14H,9H2,1-2H3,(H,18,20)/t14-/m0/s1. The Morgan fingerprint density at radius 1 is 1.43 bits per heavy atom. The number of aromatic nitrogens is 2. The molecule has 1 amide bonds. The van der Waals surface area contributed by atoms with Gasteiger partial charge in [-0.2, -0.15) is 0 Å². The second-order valence-corrected chi connectivity index (χ2v) is 4.91. The number of methoxy groups -OCH3 is 1. The summed E-state index contributed by atoms with van der Waals surface area (Å²) < 4.78 is 5.40. The Balaban J connectivity index is 2.02. The molecule has 0 aliphatic heterocycles. The first-order valence-electron chi connectivity index (χ1n) is 6.46. The Morgan fingerprint density at radius 2 is 2.24 bits per heavy atom. The largest absolute Gasteiger partial charge is 0.375 e. The van der Waals surface area contributed by atoms with Gasteiger partial charge in [-0.3, -0.25) is 4.79 Å². The van der Waals surface area contributed by atoms with Crippen molar-refractivity contribution in [1.29, 1.82) is 0 Å². The van der Waals surface area contributed by atoms with Crippen molar-refractivity contribution in [3.63, 3.8) is 0 Å². The van der Waals surface area contributed by atoms with Crippen LogP contribution in [0.5, 0.6) is 0 Å². The molecule has 2 aromatic rings. The Labute approximate surface area is 128 Å². The van der Waals surface area contributed by atoms with Crippen molar-refractivity contribution in [2.75, 3.05) is 13.7 Å². The minimum atomic E-state index is -0.268. The second-order valence-electron chi connectivity index (χ2n) is 4.48. The molecule has 2 rings (SSSR count). The molecule has 0 aliphatic rings. The molecule has 0 radical (unpaired) electrons. The van der Waals surface area contributed by atoms with Crippen molar-refractivity contribution in [1.82, 2.24) is 15.3 Å². The van der Waals surface area contributed by atoms with Gasteiger partial charge in [0, 0.05) is 24.9 Å². The van der Waals surface area contributed by atoms with Crippen molar-refractivity contribution in [2.45, 2.75) is 13.0 Å². The second kappa shape index (κ2) is 7.15. The van der Waals surface area contributed by atoms with Crippen molar-refractivity contribution in [2.24, 2.45) is 0 Å². The number of halogens is 1. The highest BCUT2D eigenvalue weighted by atomic mass is 35.5. The Hall–Kier alpha value is -1.98. The molecule has 1 aromatic heterocycles. The molecule has 1 atom stereocenters. The van der Waals surface area contributed by atoms with Crippen LogP contribution < -0.4 is 5.32 Å². The number of ether oxygens (including phenoxy) is 1. The quantitative estimate of drug-likeness (QED) is 0.922. The number of hydrogen-bond donors (Lipinski definition) is 1. The lowest BCUT2D eigenvalue weighted by atomic mass is 10.1. The van der Waals surface area contributed by atoms with Gasteiger partial charge in [-0.05, 0) is 30.7 Å². The fourth-order valence-electron chi connectivity index (χ4n) is 1.90. The molecule has 1 heterocycles. The van der Waals surface area contributed by atoms with Gasteiger partial charge in [0.15, 0.2) is 0 Å². The average Bonchev–Trinajstić information content (AvgIpc) is 2.48. The zero-order valence-electron chi connectivity index (χ0n) is 11.8. The van der Waals surface area contributed by atoms with Gasteiger partial charge in [-0.25, -0.2) is 9.97 Å². The summed E-state index contributed by atoms with van der Waals surface area (Å²) in [4.78, 5) is 20.1. The molecule has 0 unspecified atom stereocenters. The highest BCUT2D eigenvalue weighted by Crippen LogP contribution is 2.19. The van der Waals surface area contributed by atoms with E-state index >= 15 is 0 Å². The zero-order valence-corrected chi connectivity index (χ0v) is 12.6. The van der Waals surface area contributed by atoms with Crippen LogP contribution in [-0.4, -0.2) is 29.5 Å². The molecular weight excluding hydrogens is 290 g/mol. The van der Waals surface area contributed by atoms with E-state index in [9.17, 15) is 4.79 Å². The predicted octanol–water partition coefficient (Wildman–Crippen LogP) is 2.56. The highest BCUT2D eigenvalue weighted by molar-refractivity contribution is 6.30. The number of hydrogen-bond acceptors (Lipinski definition) is 4. The van der Waals surface area contributed by atoms with E-state index in [4.69, 9.17) is 16.3 Å². The molecule has 21 heavy (non-hydrogen) atoms. The Morgan fingerprint density at radius 3 is 2.90 bits per heavy atom. The molecule has 6 heteroatoms. The lowest BCUT2D eigenvalue weighted by Gasteiger charge is -2.16. The fraction of sp³-hybridized carbons (Fsp3) is 0.267. The first kappa shape index (κ1) is 15.4. The van der Waals surface area contributed by atoms with Crippen LogP contribution in [0.3, 0.4) is 0 Å². The van der Waals surface area contributed by atoms with E-state index in [1.165, 1.54) is 0 Å². The minimum absolute atomic E-state index is 0.260. The minimum Gasteiger partial charge on any atom is -0.375 e. The van der Waals surface area contributed by atoms with Crippen molar-refractivity contribution in [3.05, 3.63) is 58.6 Å². The monoisotopic (exact) mass is 305 g/mol. The van der Waals surface area contributed by atoms with Gasteiger partial charge >= 0.3 is 0 Å². The van der Waals surface area contributed by atoms with Crippen molar-refractivity contribution >= 4 is 17.5 Å². The van der Waals surface area contributed by atoms with Crippen LogP contribution in [0.1, 0.15) is 28.0 Å². The smallest absolute Gasteiger partial charge is 0.270 e. The summed E-state index contributed by atoms with van der Waals surface area (Å²) >= 11 is 5.96. The molecule has 0 aliphatic carbocycles. The van der Waals surface area contributed by atoms with E-state index in [0.717, 1.165) is 5.56 Å². The summed E-state index contributed by atoms with van der Waals surface area (Å²) in [5.74, 6) is 0.297. The molecule has 0 saturated heterocycles. The molecule has 0 saturated carbocycles. The van der Waals surface area contributed by atoms with Crippen LogP contribution in [0.25, 0.3) is 0 Å². The third-order valence-electron chi connectivity index (χ3n) is 2.96. The van der Waals surface area contributed by atoms with Gasteiger partial charge in [0.2, 0.25) is 0 Å². The normalized spacial score (nSPS) is 12.0. The predicted molar refractivity (Wildman–Crippen MR) is 80.3 cm³/mol. The van der Waals surface area contributed by atoms with Gasteiger partial charge in [-0.15, -0.1) is 0 Å². The van der Waals surface area contributed by atoms with Crippen LogP contribution in [0.4, 0.5) is 0 Å². The fourth-order valence-corrected chi connectivity index (χ4v) is 2.10. The van der Waals surface area contributed by atoms with E-state index in [-0.39, 0.29) is 12.0 Å². The molecule has 1 N–H and O–H groups in total. The number of nitrogens with one attached hydrogen (secondary N) is 1. The maximum absolute atomic E-state index is 12.0. The van der Waals surface area contributed by atoms with Crippen LogP contribution >= 0.6 is 11.6 Å². The maximum Gasteiger partial charge on any atom is 0.270 e. The third-order valence-corrected chi connectivity index (χ3v) is 3.20. The first-order chi connectivity index (χ1) is 10.1. The van der Waals surface area contributed by atoms with Crippen LogP contribution in [0.2, 0.25) is 5.02 Å². The van der Waals surface area contributed by atoms with E-state index < -0.39 is 0 Å². The number of rotatable bonds is 5. The molecule has 0 bridgehead atoms. The summed E-state index contributed by atoms with van der Waals surface area (Å²) in [6.07, 6.45) is 1.29. The highest BCUT2D eigenvalue weighted by Gasteiger charge is 2.14. The Bertz CT molecular complexity index is 634. The van der Waals surface area contributed by atoms with Gasteiger partial charge in [0.25, 0.3) is 5.91 Å². The van der Waals surface area contributed by atoms with E-state index in [1.807, 2.05) is 18.2 Å². The van der Waals surface area contributed by atoms with Gasteiger partial charge in [0.05, 0.1) is 6.10 Å². The summed E-state index contributed by atoms with van der Waals surface area (Å²) in [5, 5.41) is 3.43.